The van der Waals surface area contributed by atoms with E-state index >= 15 is 0 Å². The molecule has 1 aliphatic heterocycles. The van der Waals surface area contributed by atoms with Crippen LogP contribution in [-0.4, -0.2) is 28.9 Å². The highest BCUT2D eigenvalue weighted by Crippen LogP contribution is 2.42. The van der Waals surface area contributed by atoms with E-state index in [9.17, 15) is 9.59 Å². The van der Waals surface area contributed by atoms with Gasteiger partial charge in [-0.3, -0.25) is 9.59 Å². The van der Waals surface area contributed by atoms with Crippen LogP contribution in [0.3, 0.4) is 0 Å². The molecule has 182 valence electrons. The quantitative estimate of drug-likeness (QED) is 0.315. The van der Waals surface area contributed by atoms with Gasteiger partial charge in [0, 0.05) is 6.54 Å². The first-order valence-corrected chi connectivity index (χ1v) is 12.4. The number of carbonyl (C=O) groups excluding carboxylic acids is 2. The number of hydrogen-bond donors (Lipinski definition) is 0. The molecule has 0 spiro atoms. The Morgan fingerprint density at radius 3 is 1.97 bits per heavy atom. The molecule has 1 fully saturated rings. The fraction of sp³-hybridized carbons (Fsp3) is 0.355. The fourth-order valence-corrected chi connectivity index (χ4v) is 4.96. The average molecular weight is 470 g/mol. The Morgan fingerprint density at radius 1 is 0.914 bits per heavy atom. The summed E-state index contributed by atoms with van der Waals surface area (Å²) in [5, 5.41) is 0. The van der Waals surface area contributed by atoms with Crippen LogP contribution in [0.15, 0.2) is 84.9 Å². The van der Waals surface area contributed by atoms with E-state index in [0.717, 1.165) is 28.7 Å². The minimum absolute atomic E-state index is 0.156. The second-order valence-electron chi connectivity index (χ2n) is 10.6. The highest BCUT2D eigenvalue weighted by atomic mass is 16.6. The van der Waals surface area contributed by atoms with Gasteiger partial charge in [-0.2, -0.15) is 0 Å². The van der Waals surface area contributed by atoms with E-state index in [2.05, 4.69) is 24.3 Å². The lowest BCUT2D eigenvalue weighted by Gasteiger charge is -2.44. The number of esters is 1. The number of benzene rings is 3. The number of aryl methyl sites for hydroxylation is 1. The summed E-state index contributed by atoms with van der Waals surface area (Å²) in [5.41, 5.74) is 2.23. The molecule has 0 radical (unpaired) electrons. The molecule has 0 saturated carbocycles. The Hall–Kier alpha value is -3.40. The molecule has 0 N–H and O–H groups in total. The van der Waals surface area contributed by atoms with Crippen LogP contribution >= 0.6 is 0 Å². The maximum atomic E-state index is 14.5. The molecule has 4 rings (SSSR count). The van der Waals surface area contributed by atoms with Gasteiger partial charge in [0.15, 0.2) is 5.41 Å². The number of rotatable bonds is 6. The monoisotopic (exact) mass is 469 g/mol. The van der Waals surface area contributed by atoms with Crippen molar-refractivity contribution in [3.05, 3.63) is 107 Å². The predicted octanol–water partition coefficient (Wildman–Crippen LogP) is 6.28. The first-order valence-electron chi connectivity index (χ1n) is 12.4. The summed E-state index contributed by atoms with van der Waals surface area (Å²) in [5.74, 6) is -0.587. The van der Waals surface area contributed by atoms with E-state index in [4.69, 9.17) is 4.74 Å². The molecule has 0 unspecified atom stereocenters. The van der Waals surface area contributed by atoms with Crippen LogP contribution in [0.2, 0.25) is 0 Å². The first kappa shape index (κ1) is 24.7. The van der Waals surface area contributed by atoms with Crippen LogP contribution in [0, 0.1) is 12.3 Å². The zero-order valence-electron chi connectivity index (χ0n) is 21.2. The molecule has 4 nitrogen and oxygen atoms in total. The van der Waals surface area contributed by atoms with Crippen molar-refractivity contribution in [2.24, 2.45) is 5.41 Å². The first-order chi connectivity index (χ1) is 16.7. The van der Waals surface area contributed by atoms with Crippen LogP contribution in [0.25, 0.3) is 0 Å². The van der Waals surface area contributed by atoms with Crippen LogP contribution in [0.1, 0.15) is 61.9 Å². The molecule has 35 heavy (non-hydrogen) atoms. The van der Waals surface area contributed by atoms with Crippen LogP contribution in [0.4, 0.5) is 0 Å². The van der Waals surface area contributed by atoms with E-state index in [0.29, 0.717) is 19.4 Å². The van der Waals surface area contributed by atoms with E-state index < -0.39 is 17.0 Å². The highest BCUT2D eigenvalue weighted by Gasteiger charge is 2.53. The van der Waals surface area contributed by atoms with Gasteiger partial charge in [-0.1, -0.05) is 90.5 Å². The van der Waals surface area contributed by atoms with Crippen molar-refractivity contribution in [2.75, 3.05) is 6.54 Å². The molecular weight excluding hydrogens is 434 g/mol. The minimum Gasteiger partial charge on any atom is -0.459 e. The van der Waals surface area contributed by atoms with E-state index in [-0.39, 0.29) is 11.9 Å². The Bertz CT molecular complexity index is 1110. The van der Waals surface area contributed by atoms with Crippen LogP contribution in [-0.2, 0) is 20.7 Å². The molecule has 1 amide bonds. The molecule has 4 heteroatoms. The number of piperidine rings is 1. The molecule has 1 aliphatic rings. The summed E-state index contributed by atoms with van der Waals surface area (Å²) in [6, 6.07) is 27.9. The van der Waals surface area contributed by atoms with Gasteiger partial charge in [0.25, 0.3) is 0 Å². The second-order valence-corrected chi connectivity index (χ2v) is 10.6. The van der Waals surface area contributed by atoms with Crippen molar-refractivity contribution in [1.29, 1.82) is 0 Å². The van der Waals surface area contributed by atoms with Gasteiger partial charge in [-0.15, -0.1) is 0 Å². The molecule has 1 saturated heterocycles. The smallest absolute Gasteiger partial charge is 0.322 e. The van der Waals surface area contributed by atoms with Gasteiger partial charge in [0.2, 0.25) is 5.91 Å². The van der Waals surface area contributed by atoms with Crippen molar-refractivity contribution in [2.45, 2.75) is 58.6 Å². The molecule has 0 bridgehead atoms. The molecule has 0 aromatic heterocycles. The van der Waals surface area contributed by atoms with Crippen molar-refractivity contribution >= 4 is 11.9 Å². The summed E-state index contributed by atoms with van der Waals surface area (Å²) < 4.78 is 5.90. The van der Waals surface area contributed by atoms with Gasteiger partial charge >= 0.3 is 5.97 Å². The third-order valence-corrected chi connectivity index (χ3v) is 6.63. The van der Waals surface area contributed by atoms with Gasteiger partial charge in [0.05, 0.1) is 6.04 Å². The van der Waals surface area contributed by atoms with E-state index in [1.807, 2.05) is 93.3 Å². The third kappa shape index (κ3) is 5.48. The lowest BCUT2D eigenvalue weighted by Crippen LogP contribution is -2.56. The zero-order valence-corrected chi connectivity index (χ0v) is 21.2. The second kappa shape index (κ2) is 10.1. The number of carbonyl (C=O) groups is 2. The number of hydrogen-bond acceptors (Lipinski definition) is 3. The third-order valence-electron chi connectivity index (χ3n) is 6.63. The number of ether oxygens (including phenoxy) is 1. The highest BCUT2D eigenvalue weighted by molar-refractivity contribution is 6.04. The van der Waals surface area contributed by atoms with Crippen molar-refractivity contribution in [3.63, 3.8) is 0 Å². The van der Waals surface area contributed by atoms with Crippen LogP contribution < -0.4 is 0 Å². The maximum Gasteiger partial charge on any atom is 0.322 e. The van der Waals surface area contributed by atoms with Crippen molar-refractivity contribution in [3.8, 4) is 0 Å². The lowest BCUT2D eigenvalue weighted by atomic mass is 9.73. The van der Waals surface area contributed by atoms with E-state index in [1.165, 1.54) is 0 Å². The maximum absolute atomic E-state index is 14.5. The Balaban J connectivity index is 1.79. The molecule has 1 heterocycles. The fourth-order valence-electron chi connectivity index (χ4n) is 4.96. The SMILES string of the molecule is Cc1ccc(C[C@@]2(C(=O)OC(C)(C)C)CCCN(C(c3ccccc3)c3ccccc3)C2=O)cc1. The largest absolute Gasteiger partial charge is 0.459 e. The minimum atomic E-state index is -1.26. The normalized spacial score (nSPS) is 18.5. The molecule has 3 aromatic rings. The van der Waals surface area contributed by atoms with Crippen molar-refractivity contribution < 1.29 is 14.3 Å². The summed E-state index contributed by atoms with van der Waals surface area (Å²) >= 11 is 0. The number of nitrogens with zero attached hydrogens (tertiary/aromatic N) is 1. The summed E-state index contributed by atoms with van der Waals surface area (Å²) in [7, 11) is 0. The number of likely N-dealkylation sites (tertiary alicyclic amines) is 1. The van der Waals surface area contributed by atoms with Gasteiger partial charge in [0.1, 0.15) is 5.60 Å². The molecule has 0 aliphatic carbocycles. The molecular formula is C31H35NO3. The Kier molecular flexibility index (Phi) is 7.11. The standard InChI is InChI=1S/C31H35NO3/c1-23-16-18-24(19-17-23)22-31(29(34)35-30(2,3)4)20-11-21-32(28(31)33)27(25-12-7-5-8-13-25)26-14-9-6-10-15-26/h5-10,12-19,27H,11,20-22H2,1-4H3/t31-/m0/s1. The van der Waals surface area contributed by atoms with Gasteiger partial charge in [-0.05, 0) is 63.6 Å². The summed E-state index contributed by atoms with van der Waals surface area (Å²) in [4.78, 5) is 30.1. The molecule has 3 aromatic carbocycles. The van der Waals surface area contributed by atoms with Crippen LogP contribution in [0.5, 0.6) is 0 Å². The Morgan fingerprint density at radius 2 is 1.46 bits per heavy atom. The van der Waals surface area contributed by atoms with Gasteiger partial charge < -0.3 is 9.64 Å². The predicted molar refractivity (Wildman–Crippen MR) is 139 cm³/mol. The van der Waals surface area contributed by atoms with Gasteiger partial charge in [-0.25, -0.2) is 0 Å². The topological polar surface area (TPSA) is 46.6 Å². The molecule has 1 atom stereocenters. The lowest BCUT2D eigenvalue weighted by molar-refractivity contribution is -0.178. The van der Waals surface area contributed by atoms with E-state index in [1.54, 1.807) is 0 Å². The zero-order chi connectivity index (χ0) is 25.1. The number of amides is 1. The summed E-state index contributed by atoms with van der Waals surface area (Å²) in [6.07, 6.45) is 1.53. The van der Waals surface area contributed by atoms with Crippen molar-refractivity contribution in [1.82, 2.24) is 4.90 Å². The Labute approximate surface area is 208 Å². The summed E-state index contributed by atoms with van der Waals surface area (Å²) in [6.45, 7) is 8.18. The average Bonchev–Trinajstić information content (AvgIpc) is 2.83.